The molecule has 1 saturated heterocycles. The molecule has 2 amide bonds. The Morgan fingerprint density at radius 1 is 0.844 bits per heavy atom. The number of aliphatic hydroxyl groups excluding tert-OH is 1. The molecule has 2 aromatic heterocycles. The van der Waals surface area contributed by atoms with Crippen LogP contribution in [0.25, 0.3) is 27.5 Å². The summed E-state index contributed by atoms with van der Waals surface area (Å²) in [6.45, 7) is 1.63. The van der Waals surface area contributed by atoms with Gasteiger partial charge in [-0.1, -0.05) is 6.07 Å². The molecule has 0 saturated carbocycles. The second-order valence-electron chi connectivity index (χ2n) is 12.1. The molecule has 3 N–H and O–H groups in total. The van der Waals surface area contributed by atoms with E-state index in [1.807, 2.05) is 116 Å². The molecule has 3 heterocycles. The second-order valence-corrected chi connectivity index (χ2v) is 12.1. The fourth-order valence-electron chi connectivity index (χ4n) is 6.05. The molecule has 0 bridgehead atoms. The molecular formula is C36H35N6O3+. The maximum Gasteiger partial charge on any atom is 0.350 e. The third-order valence-electron chi connectivity index (χ3n) is 8.83. The summed E-state index contributed by atoms with van der Waals surface area (Å²) in [6.07, 6.45) is 4.96. The van der Waals surface area contributed by atoms with Crippen LogP contribution in [-0.2, 0) is 0 Å². The zero-order chi connectivity index (χ0) is 31.1. The summed E-state index contributed by atoms with van der Waals surface area (Å²) in [5.41, 5.74) is 6.55. The van der Waals surface area contributed by atoms with Crippen molar-refractivity contribution in [2.75, 3.05) is 37.4 Å². The van der Waals surface area contributed by atoms with Gasteiger partial charge in [-0.05, 0) is 91.0 Å². The van der Waals surface area contributed by atoms with Crippen molar-refractivity contribution >= 4 is 50.7 Å². The molecule has 1 aliphatic heterocycles. The third kappa shape index (κ3) is 5.48. The molecule has 0 aliphatic carbocycles. The minimum Gasteiger partial charge on any atom is -0.393 e. The van der Waals surface area contributed by atoms with Gasteiger partial charge in [-0.3, -0.25) is 4.79 Å². The van der Waals surface area contributed by atoms with Crippen molar-refractivity contribution in [3.05, 3.63) is 115 Å². The number of carbonyl (C=O) groups is 2. The summed E-state index contributed by atoms with van der Waals surface area (Å²) in [4.78, 5) is 31.9. The van der Waals surface area contributed by atoms with Crippen LogP contribution in [0.1, 0.15) is 33.6 Å². The Morgan fingerprint density at radius 3 is 2.31 bits per heavy atom. The smallest absolute Gasteiger partial charge is 0.350 e. The van der Waals surface area contributed by atoms with Crippen molar-refractivity contribution in [2.24, 2.45) is 0 Å². The summed E-state index contributed by atoms with van der Waals surface area (Å²) in [6, 6.07) is 28.9. The number of hydrogen-bond donors (Lipinski definition) is 3. The predicted molar refractivity (Wildman–Crippen MR) is 179 cm³/mol. The number of piperidine rings is 1. The van der Waals surface area contributed by atoms with Gasteiger partial charge in [-0.2, -0.15) is 5.10 Å². The van der Waals surface area contributed by atoms with Crippen molar-refractivity contribution in [1.82, 2.24) is 19.2 Å². The monoisotopic (exact) mass is 599 g/mol. The second kappa shape index (κ2) is 11.4. The van der Waals surface area contributed by atoms with Crippen molar-refractivity contribution in [2.45, 2.75) is 18.9 Å². The van der Waals surface area contributed by atoms with Gasteiger partial charge in [-0.15, -0.1) is 0 Å². The molecule has 1 fully saturated rings. The molecule has 9 heteroatoms. The molecule has 0 atom stereocenters. The molecule has 7 rings (SSSR count). The number of carbonyl (C=O) groups excluding carboxylic acids is 2. The van der Waals surface area contributed by atoms with E-state index in [9.17, 15) is 14.7 Å². The summed E-state index contributed by atoms with van der Waals surface area (Å²) >= 11 is 0. The number of hydrogen-bond acceptors (Lipinski definition) is 5. The summed E-state index contributed by atoms with van der Waals surface area (Å²) in [5.74, 6) is -0.182. The lowest BCUT2D eigenvalue weighted by atomic mass is 10.1. The molecule has 0 unspecified atom stereocenters. The summed E-state index contributed by atoms with van der Waals surface area (Å²) in [5, 5.41) is 19.3. The normalized spacial score (nSPS) is 14.2. The minimum atomic E-state index is -0.220. The van der Waals surface area contributed by atoms with E-state index in [1.165, 1.54) is 0 Å². The number of nitrogens with one attached hydrogen (secondary N) is 2. The van der Waals surface area contributed by atoms with Crippen LogP contribution in [0, 0.1) is 0 Å². The lowest BCUT2D eigenvalue weighted by molar-refractivity contribution is 0.0831. The van der Waals surface area contributed by atoms with Crippen LogP contribution in [0.15, 0.2) is 103 Å². The quantitative estimate of drug-likeness (QED) is 0.200. The van der Waals surface area contributed by atoms with E-state index in [0.29, 0.717) is 16.8 Å². The average molecular weight is 600 g/mol. The first-order chi connectivity index (χ1) is 21.8. The van der Waals surface area contributed by atoms with E-state index in [4.69, 9.17) is 0 Å². The number of rotatable bonds is 6. The number of H-pyrrole nitrogens is 1. The highest BCUT2D eigenvalue weighted by Crippen LogP contribution is 2.28. The topological polar surface area (TPSA) is 103 Å². The van der Waals surface area contributed by atoms with Gasteiger partial charge in [0, 0.05) is 59.3 Å². The van der Waals surface area contributed by atoms with E-state index in [1.54, 1.807) is 6.20 Å². The lowest BCUT2D eigenvalue weighted by Gasteiger charge is -2.31. The number of aromatic amines is 1. The van der Waals surface area contributed by atoms with Crippen molar-refractivity contribution in [1.29, 1.82) is 0 Å². The summed E-state index contributed by atoms with van der Waals surface area (Å²) < 4.78 is 1.92. The number of quaternary nitrogens is 1. The zero-order valence-electron chi connectivity index (χ0n) is 25.3. The highest BCUT2D eigenvalue weighted by atomic mass is 16.3. The van der Waals surface area contributed by atoms with E-state index >= 15 is 0 Å². The SMILES string of the molecule is C[N+](C)(C(=O)c1ccc2cc[nH]c2c1)c1ccc(-n2ncc3cc(NC(=O)c4ccc(N5CCC(O)CC5)cc4)ccc32)cc1. The first-order valence-electron chi connectivity index (χ1n) is 15.2. The third-order valence-corrected chi connectivity index (χ3v) is 8.83. The molecule has 1 aliphatic rings. The first kappa shape index (κ1) is 28.5. The van der Waals surface area contributed by atoms with Gasteiger partial charge in [0.1, 0.15) is 5.69 Å². The van der Waals surface area contributed by atoms with Gasteiger partial charge in [0.15, 0.2) is 0 Å². The maximum absolute atomic E-state index is 13.5. The van der Waals surface area contributed by atoms with Crippen molar-refractivity contribution < 1.29 is 14.7 Å². The number of nitrogens with zero attached hydrogens (tertiary/aromatic N) is 4. The van der Waals surface area contributed by atoms with Crippen LogP contribution in [0.4, 0.5) is 17.1 Å². The standard InChI is InChI=1S/C36H34N6O3/c1-42(2,36(45)26-4-3-24-15-18-37-33(24)22-26)31-12-10-30(11-13-31)41-34-14-7-28(21-27(34)23-38-41)39-35(44)25-5-8-29(9-6-25)40-19-16-32(43)17-20-40/h3-15,18,21-23,32,43H,16-17,19-20H2,1-2H3,(H-,37,39,44,45)/p+1. The lowest BCUT2D eigenvalue weighted by Crippen LogP contribution is -2.46. The van der Waals surface area contributed by atoms with Gasteiger partial charge in [0.05, 0.1) is 43.2 Å². The Balaban J connectivity index is 1.04. The molecule has 4 aromatic carbocycles. The number of aromatic nitrogens is 3. The molecule has 226 valence electrons. The number of anilines is 2. The number of benzene rings is 4. The van der Waals surface area contributed by atoms with Gasteiger partial charge in [0.2, 0.25) is 0 Å². The van der Waals surface area contributed by atoms with Gasteiger partial charge in [0.25, 0.3) is 5.91 Å². The van der Waals surface area contributed by atoms with Crippen LogP contribution < -0.4 is 14.7 Å². The Bertz CT molecular complexity index is 2020. The number of aliphatic hydroxyl groups is 1. The number of amides is 2. The Kier molecular flexibility index (Phi) is 7.19. The first-order valence-corrected chi connectivity index (χ1v) is 15.2. The van der Waals surface area contributed by atoms with E-state index < -0.39 is 0 Å². The van der Waals surface area contributed by atoms with Crippen LogP contribution in [-0.4, -0.2) is 65.0 Å². The fraction of sp³-hybridized carbons (Fsp3) is 0.194. The number of fused-ring (bicyclic) bond motifs is 2. The van der Waals surface area contributed by atoms with E-state index in [0.717, 1.165) is 64.8 Å². The van der Waals surface area contributed by atoms with Crippen LogP contribution >= 0.6 is 0 Å². The Hall–Kier alpha value is -5.25. The van der Waals surface area contributed by atoms with Crippen molar-refractivity contribution in [3.63, 3.8) is 0 Å². The van der Waals surface area contributed by atoms with Crippen LogP contribution in [0.5, 0.6) is 0 Å². The van der Waals surface area contributed by atoms with Crippen molar-refractivity contribution in [3.8, 4) is 5.69 Å². The Labute approximate surface area is 260 Å². The van der Waals surface area contributed by atoms with E-state index in [2.05, 4.69) is 20.3 Å². The van der Waals surface area contributed by atoms with Gasteiger partial charge < -0.3 is 20.3 Å². The predicted octanol–water partition coefficient (Wildman–Crippen LogP) is 6.13. The molecule has 9 nitrogen and oxygen atoms in total. The zero-order valence-corrected chi connectivity index (χ0v) is 25.3. The van der Waals surface area contributed by atoms with Crippen LogP contribution in [0.3, 0.4) is 0 Å². The van der Waals surface area contributed by atoms with Gasteiger partial charge >= 0.3 is 5.91 Å². The average Bonchev–Trinajstić information content (AvgIpc) is 3.71. The molecule has 0 spiro atoms. The molecule has 45 heavy (non-hydrogen) atoms. The molecule has 0 radical (unpaired) electrons. The van der Waals surface area contributed by atoms with Crippen LogP contribution in [0.2, 0.25) is 0 Å². The molecule has 6 aromatic rings. The Morgan fingerprint density at radius 2 is 1.56 bits per heavy atom. The van der Waals surface area contributed by atoms with E-state index in [-0.39, 0.29) is 22.4 Å². The summed E-state index contributed by atoms with van der Waals surface area (Å²) in [7, 11) is 3.79. The maximum atomic E-state index is 13.5. The fourth-order valence-corrected chi connectivity index (χ4v) is 6.05. The molecular weight excluding hydrogens is 564 g/mol. The minimum absolute atomic E-state index is 0.00273. The largest absolute Gasteiger partial charge is 0.393 e. The highest BCUT2D eigenvalue weighted by molar-refractivity contribution is 6.05. The van der Waals surface area contributed by atoms with Gasteiger partial charge in [-0.25, -0.2) is 14.0 Å². The highest BCUT2D eigenvalue weighted by Gasteiger charge is 2.31.